The van der Waals surface area contributed by atoms with E-state index in [1.54, 1.807) is 7.11 Å². The van der Waals surface area contributed by atoms with E-state index in [0.29, 0.717) is 19.6 Å². The van der Waals surface area contributed by atoms with Gasteiger partial charge >= 0.3 is 0 Å². The second kappa shape index (κ2) is 4.58. The van der Waals surface area contributed by atoms with Crippen molar-refractivity contribution in [2.45, 2.75) is 46.5 Å². The Kier molecular flexibility index (Phi) is 3.50. The third-order valence-electron chi connectivity index (χ3n) is 5.95. The quantitative estimate of drug-likeness (QED) is 0.774. The molecule has 0 saturated heterocycles. The summed E-state index contributed by atoms with van der Waals surface area (Å²) in [5.41, 5.74) is -1.06. The normalized spacial score (nSPS) is 35.7. The maximum Gasteiger partial charge on any atom is 0.227 e. The Morgan fingerprint density at radius 1 is 1.32 bits per heavy atom. The van der Waals surface area contributed by atoms with Gasteiger partial charge in [-0.25, -0.2) is 0 Å². The largest absolute Gasteiger partial charge is 0.385 e. The van der Waals surface area contributed by atoms with Crippen LogP contribution in [-0.4, -0.2) is 32.0 Å². The Labute approximate surface area is 115 Å². The highest BCUT2D eigenvalue weighted by atomic mass is 16.5. The second-order valence-electron chi connectivity index (χ2n) is 6.74. The van der Waals surface area contributed by atoms with Gasteiger partial charge in [-0.15, -0.1) is 0 Å². The number of carbonyl (C=O) groups is 2. The molecule has 2 aliphatic carbocycles. The van der Waals surface area contributed by atoms with Crippen molar-refractivity contribution in [1.82, 2.24) is 5.32 Å². The first-order valence-corrected chi connectivity index (χ1v) is 7.12. The molecule has 0 aromatic carbocycles. The highest BCUT2D eigenvalue weighted by molar-refractivity contribution is 5.99. The van der Waals surface area contributed by atoms with Crippen LogP contribution in [0.15, 0.2) is 0 Å². The van der Waals surface area contributed by atoms with Crippen molar-refractivity contribution in [2.75, 3.05) is 20.3 Å². The van der Waals surface area contributed by atoms with Gasteiger partial charge in [-0.1, -0.05) is 20.8 Å². The lowest BCUT2D eigenvalue weighted by Crippen LogP contribution is -2.47. The topological polar surface area (TPSA) is 55.4 Å². The van der Waals surface area contributed by atoms with Crippen LogP contribution in [0.2, 0.25) is 0 Å². The van der Waals surface area contributed by atoms with Gasteiger partial charge in [0, 0.05) is 32.1 Å². The average molecular weight is 267 g/mol. The molecule has 0 radical (unpaired) electrons. The first kappa shape index (κ1) is 14.5. The van der Waals surface area contributed by atoms with E-state index in [1.807, 2.05) is 6.92 Å². The molecule has 4 nitrogen and oxygen atoms in total. The van der Waals surface area contributed by atoms with Crippen molar-refractivity contribution >= 4 is 11.7 Å². The van der Waals surface area contributed by atoms with Crippen molar-refractivity contribution in [1.29, 1.82) is 0 Å². The summed E-state index contributed by atoms with van der Waals surface area (Å²) in [5.74, 6) is 0.318. The highest BCUT2D eigenvalue weighted by Gasteiger charge is 2.72. The fraction of sp³-hybridized carbons (Fsp3) is 0.867. The van der Waals surface area contributed by atoms with Gasteiger partial charge in [-0.2, -0.15) is 0 Å². The van der Waals surface area contributed by atoms with Gasteiger partial charge in [0.2, 0.25) is 5.91 Å². The summed E-state index contributed by atoms with van der Waals surface area (Å²) in [4.78, 5) is 24.8. The Hall–Kier alpha value is -0.900. The third kappa shape index (κ3) is 1.76. The summed E-state index contributed by atoms with van der Waals surface area (Å²) in [5, 5.41) is 3.00. The van der Waals surface area contributed by atoms with Gasteiger partial charge in [-0.05, 0) is 24.7 Å². The molecule has 0 unspecified atom stereocenters. The average Bonchev–Trinajstić information content (AvgIpc) is 2.65. The molecule has 19 heavy (non-hydrogen) atoms. The second-order valence-corrected chi connectivity index (χ2v) is 6.74. The SMILES string of the molecule is COCCCNC(=O)[C@@]12CC[C@@](C)(C(=O)C1)C2(C)C. The summed E-state index contributed by atoms with van der Waals surface area (Å²) in [6.07, 6.45) is 2.89. The number of amides is 1. The van der Waals surface area contributed by atoms with Gasteiger partial charge in [0.1, 0.15) is 5.78 Å². The van der Waals surface area contributed by atoms with Crippen molar-refractivity contribution in [3.05, 3.63) is 0 Å². The Balaban J connectivity index is 2.11. The van der Waals surface area contributed by atoms with Crippen LogP contribution in [0, 0.1) is 16.2 Å². The van der Waals surface area contributed by atoms with Crippen molar-refractivity contribution < 1.29 is 14.3 Å². The molecule has 4 heteroatoms. The van der Waals surface area contributed by atoms with E-state index in [9.17, 15) is 9.59 Å². The molecule has 2 bridgehead atoms. The first-order chi connectivity index (χ1) is 8.82. The Morgan fingerprint density at radius 3 is 2.47 bits per heavy atom. The van der Waals surface area contributed by atoms with E-state index in [2.05, 4.69) is 19.2 Å². The van der Waals surface area contributed by atoms with E-state index in [0.717, 1.165) is 19.3 Å². The van der Waals surface area contributed by atoms with E-state index in [1.165, 1.54) is 0 Å². The van der Waals surface area contributed by atoms with Gasteiger partial charge in [0.05, 0.1) is 5.41 Å². The fourth-order valence-corrected chi connectivity index (χ4v) is 3.95. The van der Waals surface area contributed by atoms with Gasteiger partial charge in [0.15, 0.2) is 0 Å². The number of ketones is 1. The van der Waals surface area contributed by atoms with Crippen LogP contribution >= 0.6 is 0 Å². The molecule has 0 spiro atoms. The molecule has 0 aromatic heterocycles. The lowest BCUT2D eigenvalue weighted by Gasteiger charge is -2.38. The number of nitrogens with one attached hydrogen (secondary N) is 1. The molecular weight excluding hydrogens is 242 g/mol. The first-order valence-electron chi connectivity index (χ1n) is 7.12. The molecule has 108 valence electrons. The van der Waals surface area contributed by atoms with Crippen molar-refractivity contribution in [3.8, 4) is 0 Å². The number of Topliss-reactive ketones (excluding diaryl/α,β-unsaturated/α-hetero) is 1. The smallest absolute Gasteiger partial charge is 0.227 e. The van der Waals surface area contributed by atoms with Crippen LogP contribution in [0.5, 0.6) is 0 Å². The van der Waals surface area contributed by atoms with Crippen LogP contribution in [0.4, 0.5) is 0 Å². The lowest BCUT2D eigenvalue weighted by molar-refractivity contribution is -0.136. The Bertz CT molecular complexity index is 404. The molecule has 2 rings (SSSR count). The molecule has 0 heterocycles. The van der Waals surface area contributed by atoms with Crippen molar-refractivity contribution in [2.24, 2.45) is 16.2 Å². The monoisotopic (exact) mass is 267 g/mol. The minimum absolute atomic E-state index is 0.0585. The minimum atomic E-state index is -0.494. The maximum absolute atomic E-state index is 12.6. The number of carbonyl (C=O) groups excluding carboxylic acids is 2. The fourth-order valence-electron chi connectivity index (χ4n) is 3.95. The lowest BCUT2D eigenvalue weighted by atomic mass is 9.64. The molecule has 1 N–H and O–H groups in total. The standard InChI is InChI=1S/C15H25NO3/c1-13(2)14(3)6-7-15(13,10-11(14)17)12(18)16-8-5-9-19-4/h5-10H2,1-4H3,(H,16,18)/t14-,15+/m0/s1. The van der Waals surface area contributed by atoms with Gasteiger partial charge < -0.3 is 10.1 Å². The molecule has 2 fully saturated rings. The summed E-state index contributed by atoms with van der Waals surface area (Å²) < 4.78 is 4.98. The summed E-state index contributed by atoms with van der Waals surface area (Å²) in [7, 11) is 1.65. The predicted molar refractivity (Wildman–Crippen MR) is 72.7 cm³/mol. The highest BCUT2D eigenvalue weighted by Crippen LogP contribution is 2.70. The van der Waals surface area contributed by atoms with Crippen LogP contribution < -0.4 is 5.32 Å². The number of hydrogen-bond acceptors (Lipinski definition) is 3. The zero-order valence-electron chi connectivity index (χ0n) is 12.5. The van der Waals surface area contributed by atoms with Crippen LogP contribution in [0.1, 0.15) is 46.5 Å². The predicted octanol–water partition coefficient (Wildman–Crippen LogP) is 1.92. The van der Waals surface area contributed by atoms with Gasteiger partial charge in [0.25, 0.3) is 0 Å². The molecular formula is C15H25NO3. The molecule has 2 aliphatic rings. The van der Waals surface area contributed by atoms with Crippen LogP contribution in [0.3, 0.4) is 0 Å². The van der Waals surface area contributed by atoms with E-state index >= 15 is 0 Å². The zero-order chi connectivity index (χ0) is 14.3. The molecule has 2 atom stereocenters. The van der Waals surface area contributed by atoms with E-state index in [-0.39, 0.29) is 22.5 Å². The van der Waals surface area contributed by atoms with Crippen molar-refractivity contribution in [3.63, 3.8) is 0 Å². The van der Waals surface area contributed by atoms with Gasteiger partial charge in [-0.3, -0.25) is 9.59 Å². The van der Waals surface area contributed by atoms with E-state index < -0.39 is 5.41 Å². The number of rotatable bonds is 5. The Morgan fingerprint density at radius 2 is 2.00 bits per heavy atom. The summed E-state index contributed by atoms with van der Waals surface area (Å²) >= 11 is 0. The number of hydrogen-bond donors (Lipinski definition) is 1. The number of methoxy groups -OCH3 is 1. The molecule has 0 aliphatic heterocycles. The maximum atomic E-state index is 12.6. The number of ether oxygens (including phenoxy) is 1. The third-order valence-corrected chi connectivity index (χ3v) is 5.95. The van der Waals surface area contributed by atoms with E-state index in [4.69, 9.17) is 4.74 Å². The molecule has 1 amide bonds. The summed E-state index contributed by atoms with van der Waals surface area (Å²) in [6, 6.07) is 0. The van der Waals surface area contributed by atoms with Crippen LogP contribution in [-0.2, 0) is 14.3 Å². The molecule has 2 saturated carbocycles. The van der Waals surface area contributed by atoms with Crippen LogP contribution in [0.25, 0.3) is 0 Å². The number of fused-ring (bicyclic) bond motifs is 2. The molecule has 0 aromatic rings. The summed E-state index contributed by atoms with van der Waals surface area (Å²) in [6.45, 7) is 7.46. The zero-order valence-corrected chi connectivity index (χ0v) is 12.5. The minimum Gasteiger partial charge on any atom is -0.385 e.